The second-order valence-corrected chi connectivity index (χ2v) is 4.95. The molecule has 2 aromatic rings. The molecule has 3 nitrogen and oxygen atoms in total. The van der Waals surface area contributed by atoms with Crippen LogP contribution in [-0.2, 0) is 11.3 Å². The van der Waals surface area contributed by atoms with Crippen molar-refractivity contribution >= 4 is 29.0 Å². The number of amides is 1. The van der Waals surface area contributed by atoms with E-state index in [1.165, 1.54) is 30.3 Å². The summed E-state index contributed by atoms with van der Waals surface area (Å²) in [5, 5.41) is -0.150. The van der Waals surface area contributed by atoms with Gasteiger partial charge in [0.2, 0.25) is 0 Å². The molecule has 0 spiro atoms. The summed E-state index contributed by atoms with van der Waals surface area (Å²) >= 11 is 5.83. The molecule has 1 heterocycles. The van der Waals surface area contributed by atoms with Crippen LogP contribution in [0, 0.1) is 11.6 Å². The van der Waals surface area contributed by atoms with E-state index in [0.29, 0.717) is 5.56 Å². The van der Waals surface area contributed by atoms with Gasteiger partial charge in [-0.25, -0.2) is 8.78 Å². The first-order valence-electron chi connectivity index (χ1n) is 6.08. The average Bonchev–Trinajstić information content (AvgIpc) is 2.70. The van der Waals surface area contributed by atoms with Crippen molar-refractivity contribution < 1.29 is 18.4 Å². The molecule has 6 heteroatoms. The number of rotatable bonds is 2. The fourth-order valence-electron chi connectivity index (χ4n) is 2.30. The number of carbonyl (C=O) groups excluding carboxylic acids is 2. The topological polar surface area (TPSA) is 37.4 Å². The van der Waals surface area contributed by atoms with Gasteiger partial charge in [-0.2, -0.15) is 0 Å². The quantitative estimate of drug-likeness (QED) is 0.798. The van der Waals surface area contributed by atoms with Crippen molar-refractivity contribution in [2.24, 2.45) is 0 Å². The molecule has 0 saturated carbocycles. The number of anilines is 1. The van der Waals surface area contributed by atoms with Crippen LogP contribution in [0.25, 0.3) is 0 Å². The van der Waals surface area contributed by atoms with Crippen molar-refractivity contribution in [1.29, 1.82) is 0 Å². The molecular formula is C15H8ClF2NO2. The summed E-state index contributed by atoms with van der Waals surface area (Å²) < 4.78 is 27.3. The van der Waals surface area contributed by atoms with Crippen LogP contribution in [-0.4, -0.2) is 11.7 Å². The number of para-hydroxylation sites is 1. The van der Waals surface area contributed by atoms with E-state index >= 15 is 0 Å². The Bertz CT molecular complexity index is 776. The van der Waals surface area contributed by atoms with Crippen molar-refractivity contribution in [2.45, 2.75) is 6.54 Å². The highest BCUT2D eigenvalue weighted by atomic mass is 35.5. The summed E-state index contributed by atoms with van der Waals surface area (Å²) in [6, 6.07) is 8.02. The van der Waals surface area contributed by atoms with Crippen molar-refractivity contribution in [3.63, 3.8) is 0 Å². The molecule has 2 aromatic carbocycles. The summed E-state index contributed by atoms with van der Waals surface area (Å²) in [6.07, 6.45) is 0. The number of benzene rings is 2. The zero-order valence-corrected chi connectivity index (χ0v) is 11.3. The van der Waals surface area contributed by atoms with Crippen LogP contribution in [0.5, 0.6) is 0 Å². The Labute approximate surface area is 123 Å². The number of nitrogens with zero attached hydrogens (tertiary/aromatic N) is 1. The van der Waals surface area contributed by atoms with Gasteiger partial charge < -0.3 is 0 Å². The number of hydrogen-bond donors (Lipinski definition) is 0. The van der Waals surface area contributed by atoms with Crippen LogP contribution in [0.3, 0.4) is 0 Å². The molecule has 0 unspecified atom stereocenters. The molecule has 0 atom stereocenters. The molecule has 1 aliphatic heterocycles. The van der Waals surface area contributed by atoms with E-state index in [9.17, 15) is 18.4 Å². The Balaban J connectivity index is 2.07. The monoisotopic (exact) mass is 307 g/mol. The molecule has 0 radical (unpaired) electrons. The van der Waals surface area contributed by atoms with E-state index in [2.05, 4.69) is 0 Å². The maximum absolute atomic E-state index is 13.9. The molecule has 0 aliphatic carbocycles. The summed E-state index contributed by atoms with van der Waals surface area (Å²) in [5.41, 5.74) is 0.217. The second-order valence-electron chi connectivity index (χ2n) is 4.57. The third-order valence-electron chi connectivity index (χ3n) is 3.30. The summed E-state index contributed by atoms with van der Waals surface area (Å²) in [7, 11) is 0. The van der Waals surface area contributed by atoms with Gasteiger partial charge in [0.1, 0.15) is 11.6 Å². The average molecular weight is 308 g/mol. The van der Waals surface area contributed by atoms with E-state index in [4.69, 9.17) is 11.6 Å². The van der Waals surface area contributed by atoms with Crippen molar-refractivity contribution in [2.75, 3.05) is 4.90 Å². The lowest BCUT2D eigenvalue weighted by Gasteiger charge is -2.18. The van der Waals surface area contributed by atoms with Crippen molar-refractivity contribution in [1.82, 2.24) is 0 Å². The summed E-state index contributed by atoms with van der Waals surface area (Å²) in [6.45, 7) is -0.172. The van der Waals surface area contributed by atoms with E-state index < -0.39 is 23.3 Å². The van der Waals surface area contributed by atoms with E-state index in [0.717, 1.165) is 11.0 Å². The first kappa shape index (κ1) is 13.7. The number of Topliss-reactive ketones (excluding diaryl/α,β-unsaturated/α-hetero) is 1. The van der Waals surface area contributed by atoms with Crippen LogP contribution in [0.4, 0.5) is 14.5 Å². The lowest BCUT2D eigenvalue weighted by atomic mass is 10.1. The Kier molecular flexibility index (Phi) is 3.22. The number of carbonyl (C=O) groups is 2. The predicted octanol–water partition coefficient (Wildman–Crippen LogP) is 3.35. The van der Waals surface area contributed by atoms with Crippen LogP contribution >= 0.6 is 11.6 Å². The minimum atomic E-state index is -0.851. The molecular weight excluding hydrogens is 300 g/mol. The van der Waals surface area contributed by atoms with Gasteiger partial charge in [-0.05, 0) is 23.8 Å². The molecule has 0 aromatic heterocycles. The molecule has 0 saturated heterocycles. The molecule has 1 amide bonds. The zero-order valence-electron chi connectivity index (χ0n) is 10.6. The molecule has 0 bridgehead atoms. The first-order chi connectivity index (χ1) is 10.0. The van der Waals surface area contributed by atoms with E-state index in [1.54, 1.807) is 0 Å². The normalized spacial score (nSPS) is 13.8. The van der Waals surface area contributed by atoms with Crippen LogP contribution in [0.1, 0.15) is 15.9 Å². The van der Waals surface area contributed by atoms with Gasteiger partial charge in [0.05, 0.1) is 22.8 Å². The smallest absolute Gasteiger partial charge is 0.297 e. The Morgan fingerprint density at radius 2 is 1.67 bits per heavy atom. The van der Waals surface area contributed by atoms with Gasteiger partial charge in [0, 0.05) is 0 Å². The maximum Gasteiger partial charge on any atom is 0.299 e. The SMILES string of the molecule is O=C1C(=O)N(Cc2cccc(F)c2Cl)c2c(F)cccc21. The minimum absolute atomic E-state index is 0.00697. The van der Waals surface area contributed by atoms with Gasteiger partial charge in [-0.3, -0.25) is 14.5 Å². The Morgan fingerprint density at radius 1 is 1.00 bits per heavy atom. The highest BCUT2D eigenvalue weighted by Crippen LogP contribution is 2.34. The van der Waals surface area contributed by atoms with Crippen LogP contribution in [0.2, 0.25) is 5.02 Å². The number of halogens is 3. The summed E-state index contributed by atoms with van der Waals surface area (Å²) in [4.78, 5) is 24.8. The standard InChI is InChI=1S/C15H8ClF2NO2/c16-12-8(3-1-5-10(12)17)7-19-13-9(14(20)15(19)21)4-2-6-11(13)18/h1-6H,7H2. The first-order valence-corrected chi connectivity index (χ1v) is 6.46. The molecule has 0 N–H and O–H groups in total. The largest absolute Gasteiger partial charge is 0.299 e. The Morgan fingerprint density at radius 3 is 2.43 bits per heavy atom. The third kappa shape index (κ3) is 2.10. The summed E-state index contributed by atoms with van der Waals surface area (Å²) in [5.74, 6) is -2.95. The maximum atomic E-state index is 13.9. The number of fused-ring (bicyclic) bond motifs is 1. The van der Waals surface area contributed by atoms with Gasteiger partial charge in [-0.1, -0.05) is 29.8 Å². The highest BCUT2D eigenvalue weighted by molar-refractivity contribution is 6.52. The van der Waals surface area contributed by atoms with Crippen molar-refractivity contribution in [3.05, 3.63) is 64.2 Å². The zero-order chi connectivity index (χ0) is 15.1. The van der Waals surface area contributed by atoms with Gasteiger partial charge in [0.15, 0.2) is 0 Å². The van der Waals surface area contributed by atoms with E-state index in [1.807, 2.05) is 0 Å². The highest BCUT2D eigenvalue weighted by Gasteiger charge is 2.38. The van der Waals surface area contributed by atoms with Crippen LogP contribution in [0.15, 0.2) is 36.4 Å². The van der Waals surface area contributed by atoms with Gasteiger partial charge in [0.25, 0.3) is 11.7 Å². The number of ketones is 1. The van der Waals surface area contributed by atoms with Crippen molar-refractivity contribution in [3.8, 4) is 0 Å². The second kappa shape index (κ2) is 4.93. The van der Waals surface area contributed by atoms with Gasteiger partial charge in [-0.15, -0.1) is 0 Å². The lowest BCUT2D eigenvalue weighted by molar-refractivity contribution is -0.114. The molecule has 0 fully saturated rings. The fraction of sp³-hybridized carbons (Fsp3) is 0.0667. The molecule has 106 valence electrons. The number of hydrogen-bond acceptors (Lipinski definition) is 2. The minimum Gasteiger partial charge on any atom is -0.297 e. The predicted molar refractivity (Wildman–Crippen MR) is 73.3 cm³/mol. The van der Waals surface area contributed by atoms with E-state index in [-0.39, 0.29) is 22.8 Å². The molecule has 3 rings (SSSR count). The van der Waals surface area contributed by atoms with Gasteiger partial charge >= 0.3 is 0 Å². The lowest BCUT2D eigenvalue weighted by Crippen LogP contribution is -2.29. The van der Waals surface area contributed by atoms with Crippen LogP contribution < -0.4 is 4.90 Å². The molecule has 1 aliphatic rings. The fourth-order valence-corrected chi connectivity index (χ4v) is 2.49. The Hall–Kier alpha value is -2.27. The third-order valence-corrected chi connectivity index (χ3v) is 3.72. The molecule has 21 heavy (non-hydrogen) atoms.